The molecule has 32 heavy (non-hydrogen) atoms. The van der Waals surface area contributed by atoms with Gasteiger partial charge in [0.15, 0.2) is 0 Å². The van der Waals surface area contributed by atoms with Crippen LogP contribution in [0.4, 0.5) is 17.1 Å². The van der Waals surface area contributed by atoms with Crippen molar-refractivity contribution in [2.24, 2.45) is 0 Å². The molecule has 0 aliphatic carbocycles. The van der Waals surface area contributed by atoms with Gasteiger partial charge in [-0.2, -0.15) is 0 Å². The van der Waals surface area contributed by atoms with Crippen LogP contribution in [0, 0.1) is 6.92 Å². The highest BCUT2D eigenvalue weighted by molar-refractivity contribution is 6.07. The quantitative estimate of drug-likeness (QED) is 0.491. The average Bonchev–Trinajstić information content (AvgIpc) is 2.81. The summed E-state index contributed by atoms with van der Waals surface area (Å²) < 4.78 is 0. The number of aromatic nitrogens is 2. The van der Waals surface area contributed by atoms with E-state index in [4.69, 9.17) is 0 Å². The number of nitrogens with zero attached hydrogens (tertiary/aromatic N) is 3. The molecule has 4 aromatic rings. The largest absolute Gasteiger partial charge is 0.378 e. The van der Waals surface area contributed by atoms with Crippen LogP contribution < -0.4 is 15.5 Å². The number of aryl methyl sites for hydroxylation is 1. The number of nitrogens with one attached hydrogen (secondary N) is 2. The Kier molecular flexibility index (Phi) is 5.81. The maximum atomic E-state index is 12.8. The molecule has 0 aliphatic rings. The first-order chi connectivity index (χ1) is 15.4. The van der Waals surface area contributed by atoms with Gasteiger partial charge in [0, 0.05) is 54.7 Å². The van der Waals surface area contributed by atoms with E-state index >= 15 is 0 Å². The Labute approximate surface area is 186 Å². The highest BCUT2D eigenvalue weighted by Gasteiger charge is 2.12. The first-order valence-corrected chi connectivity index (χ1v) is 10.1. The Hall–Kier alpha value is -4.26. The van der Waals surface area contributed by atoms with Gasteiger partial charge in [0.25, 0.3) is 11.8 Å². The summed E-state index contributed by atoms with van der Waals surface area (Å²) in [4.78, 5) is 35.9. The molecule has 2 amide bonds. The lowest BCUT2D eigenvalue weighted by molar-refractivity contribution is 0.101. The molecule has 1 aromatic heterocycles. The van der Waals surface area contributed by atoms with E-state index in [2.05, 4.69) is 20.6 Å². The molecule has 0 saturated heterocycles. The maximum absolute atomic E-state index is 12.8. The van der Waals surface area contributed by atoms with Crippen molar-refractivity contribution in [2.45, 2.75) is 6.92 Å². The molecule has 0 radical (unpaired) electrons. The van der Waals surface area contributed by atoms with Crippen LogP contribution in [0.3, 0.4) is 0 Å². The van der Waals surface area contributed by atoms with Crippen LogP contribution in [0.1, 0.15) is 26.3 Å². The van der Waals surface area contributed by atoms with E-state index in [9.17, 15) is 9.59 Å². The number of rotatable bonds is 5. The fraction of sp³-hybridized carbons (Fsp3) is 0.120. The second-order valence-corrected chi connectivity index (χ2v) is 7.64. The van der Waals surface area contributed by atoms with Crippen LogP contribution in [0.25, 0.3) is 11.0 Å². The third kappa shape index (κ3) is 4.57. The minimum atomic E-state index is -0.261. The predicted octanol–water partition coefficient (Wildman–Crippen LogP) is 4.51. The number of carbonyl (C=O) groups excluding carboxylic acids is 2. The van der Waals surface area contributed by atoms with Crippen LogP contribution in [-0.2, 0) is 0 Å². The van der Waals surface area contributed by atoms with Crippen molar-refractivity contribution in [3.63, 3.8) is 0 Å². The SMILES string of the molecule is Cc1ccc(NC(=O)c2cccc(N(C)C)c2)cc1NC(=O)c1ccc2nccnc2c1. The number of hydrogen-bond acceptors (Lipinski definition) is 5. The molecule has 160 valence electrons. The van der Waals surface area contributed by atoms with Crippen LogP contribution in [-0.4, -0.2) is 35.9 Å². The number of fused-ring (bicyclic) bond motifs is 1. The predicted molar refractivity (Wildman–Crippen MR) is 127 cm³/mol. The molecular weight excluding hydrogens is 402 g/mol. The van der Waals surface area contributed by atoms with E-state index in [0.717, 1.165) is 16.8 Å². The first-order valence-electron chi connectivity index (χ1n) is 10.1. The number of amides is 2. The maximum Gasteiger partial charge on any atom is 0.255 e. The molecule has 0 saturated carbocycles. The summed E-state index contributed by atoms with van der Waals surface area (Å²) in [5, 5.41) is 5.83. The van der Waals surface area contributed by atoms with Gasteiger partial charge in [-0.25, -0.2) is 0 Å². The van der Waals surface area contributed by atoms with Gasteiger partial charge in [0.1, 0.15) is 0 Å². The lowest BCUT2D eigenvalue weighted by atomic mass is 10.1. The Balaban J connectivity index is 1.52. The van der Waals surface area contributed by atoms with Crippen molar-refractivity contribution in [1.82, 2.24) is 9.97 Å². The van der Waals surface area contributed by atoms with Gasteiger partial charge in [0.05, 0.1) is 11.0 Å². The fourth-order valence-electron chi connectivity index (χ4n) is 3.26. The summed E-state index contributed by atoms with van der Waals surface area (Å²) in [6.07, 6.45) is 3.20. The first kappa shape index (κ1) is 21.0. The Bertz CT molecular complexity index is 1320. The van der Waals surface area contributed by atoms with Crippen molar-refractivity contribution < 1.29 is 9.59 Å². The number of hydrogen-bond donors (Lipinski definition) is 2. The third-order valence-electron chi connectivity index (χ3n) is 5.10. The molecule has 0 aliphatic heterocycles. The van der Waals surface area contributed by atoms with E-state index in [0.29, 0.717) is 28.0 Å². The zero-order chi connectivity index (χ0) is 22.7. The summed E-state index contributed by atoms with van der Waals surface area (Å²) in [5.74, 6) is -0.481. The molecule has 2 N–H and O–H groups in total. The fourth-order valence-corrected chi connectivity index (χ4v) is 3.26. The molecular formula is C25H23N5O2. The number of benzene rings is 3. The Morgan fingerprint density at radius 2 is 1.50 bits per heavy atom. The molecule has 0 bridgehead atoms. The van der Waals surface area contributed by atoms with E-state index in [1.165, 1.54) is 0 Å². The minimum Gasteiger partial charge on any atom is -0.378 e. The molecule has 0 spiro atoms. The van der Waals surface area contributed by atoms with E-state index in [1.54, 1.807) is 42.7 Å². The Morgan fingerprint density at radius 3 is 2.28 bits per heavy atom. The standard InChI is InChI=1S/C25H23N5O2/c1-16-7-9-19(28-24(31)17-5-4-6-20(13-17)30(2)3)15-22(16)29-25(32)18-8-10-21-23(14-18)27-12-11-26-21/h4-15H,1-3H3,(H,28,31)(H,29,32). The molecule has 0 fully saturated rings. The van der Waals surface area contributed by atoms with Gasteiger partial charge in [-0.1, -0.05) is 12.1 Å². The smallest absolute Gasteiger partial charge is 0.255 e. The molecule has 0 atom stereocenters. The summed E-state index contributed by atoms with van der Waals surface area (Å²) in [6.45, 7) is 1.90. The second kappa shape index (κ2) is 8.85. The molecule has 0 unspecified atom stereocenters. The number of carbonyl (C=O) groups is 2. The van der Waals surface area contributed by atoms with Crippen LogP contribution in [0.15, 0.2) is 73.1 Å². The van der Waals surface area contributed by atoms with Gasteiger partial charge in [0.2, 0.25) is 0 Å². The van der Waals surface area contributed by atoms with Crippen molar-refractivity contribution >= 4 is 39.9 Å². The highest BCUT2D eigenvalue weighted by atomic mass is 16.2. The van der Waals surface area contributed by atoms with Gasteiger partial charge in [-0.05, 0) is 61.0 Å². The second-order valence-electron chi connectivity index (χ2n) is 7.64. The lowest BCUT2D eigenvalue weighted by Crippen LogP contribution is -2.15. The zero-order valence-corrected chi connectivity index (χ0v) is 18.1. The van der Waals surface area contributed by atoms with Crippen LogP contribution >= 0.6 is 0 Å². The normalized spacial score (nSPS) is 10.6. The van der Waals surface area contributed by atoms with Gasteiger partial charge >= 0.3 is 0 Å². The molecule has 1 heterocycles. The third-order valence-corrected chi connectivity index (χ3v) is 5.10. The van der Waals surface area contributed by atoms with E-state index in [1.807, 2.05) is 56.3 Å². The highest BCUT2D eigenvalue weighted by Crippen LogP contribution is 2.23. The van der Waals surface area contributed by atoms with Crippen molar-refractivity contribution in [3.05, 3.63) is 89.7 Å². The molecule has 3 aromatic carbocycles. The van der Waals surface area contributed by atoms with Gasteiger partial charge < -0.3 is 15.5 Å². The zero-order valence-electron chi connectivity index (χ0n) is 18.1. The van der Waals surface area contributed by atoms with Gasteiger partial charge in [-0.15, -0.1) is 0 Å². The summed E-state index contributed by atoms with van der Waals surface area (Å²) in [7, 11) is 3.85. The van der Waals surface area contributed by atoms with Crippen LogP contribution in [0.2, 0.25) is 0 Å². The number of anilines is 3. The molecule has 4 rings (SSSR count). The average molecular weight is 425 g/mol. The lowest BCUT2D eigenvalue weighted by Gasteiger charge is -2.14. The summed E-state index contributed by atoms with van der Waals surface area (Å²) >= 11 is 0. The van der Waals surface area contributed by atoms with Crippen LogP contribution in [0.5, 0.6) is 0 Å². The topological polar surface area (TPSA) is 87.2 Å². The van der Waals surface area contributed by atoms with Crippen molar-refractivity contribution in [2.75, 3.05) is 29.6 Å². The molecule has 7 nitrogen and oxygen atoms in total. The van der Waals surface area contributed by atoms with E-state index < -0.39 is 0 Å². The molecule has 7 heteroatoms. The van der Waals surface area contributed by atoms with Gasteiger partial charge in [-0.3, -0.25) is 19.6 Å². The summed E-state index contributed by atoms with van der Waals surface area (Å²) in [6, 6.07) is 18.0. The van der Waals surface area contributed by atoms with Crippen molar-refractivity contribution in [1.29, 1.82) is 0 Å². The monoisotopic (exact) mass is 425 g/mol. The van der Waals surface area contributed by atoms with Crippen molar-refractivity contribution in [3.8, 4) is 0 Å². The summed E-state index contributed by atoms with van der Waals surface area (Å²) in [5.41, 5.74) is 5.44. The van der Waals surface area contributed by atoms with E-state index in [-0.39, 0.29) is 11.8 Å². The minimum absolute atomic E-state index is 0.220. The Morgan fingerprint density at radius 1 is 0.781 bits per heavy atom.